The summed E-state index contributed by atoms with van der Waals surface area (Å²) < 4.78 is 17.0. The quantitative estimate of drug-likeness (QED) is 0.473. The van der Waals surface area contributed by atoms with Gasteiger partial charge in [0.05, 0.1) is 22.4 Å². The summed E-state index contributed by atoms with van der Waals surface area (Å²) in [7, 11) is 0. The Kier molecular flexibility index (Phi) is 5.92. The van der Waals surface area contributed by atoms with E-state index in [2.05, 4.69) is 27.2 Å². The number of hydrogen-bond donors (Lipinski definition) is 2. The smallest absolute Gasteiger partial charge is 0.223 e. The molecule has 3 aromatic rings. The van der Waals surface area contributed by atoms with Crippen molar-refractivity contribution in [2.75, 3.05) is 5.32 Å². The standard InChI is InChI=1S/C24H31ClFN5O/c1-14(2)31-18-12-15(11-17(26)20(18)28-21(31)23(3,4)32)19-16(25)13-27-22(29-19)30-24(5)9-7-6-8-10-24/h11-14,32H,6-10H2,1-5H3,(H,27,29,30). The highest BCUT2D eigenvalue weighted by Gasteiger charge is 2.29. The molecule has 1 aliphatic rings. The van der Waals surface area contributed by atoms with Crippen LogP contribution in [0.2, 0.25) is 5.02 Å². The number of halogens is 2. The Morgan fingerprint density at radius 1 is 1.19 bits per heavy atom. The van der Waals surface area contributed by atoms with E-state index in [1.807, 2.05) is 24.5 Å². The molecule has 0 aliphatic heterocycles. The molecule has 0 bridgehead atoms. The molecule has 1 fully saturated rings. The third-order valence-corrected chi connectivity index (χ3v) is 6.48. The molecule has 4 rings (SSSR count). The summed E-state index contributed by atoms with van der Waals surface area (Å²) in [6.45, 7) is 9.44. The summed E-state index contributed by atoms with van der Waals surface area (Å²) in [5.41, 5.74) is 0.549. The van der Waals surface area contributed by atoms with Gasteiger partial charge in [0.1, 0.15) is 16.9 Å². The number of benzene rings is 1. The lowest BCUT2D eigenvalue weighted by atomic mass is 9.83. The van der Waals surface area contributed by atoms with Crippen LogP contribution in [-0.2, 0) is 5.60 Å². The van der Waals surface area contributed by atoms with Gasteiger partial charge in [-0.1, -0.05) is 30.9 Å². The molecular weight excluding hydrogens is 429 g/mol. The van der Waals surface area contributed by atoms with E-state index in [1.54, 1.807) is 20.0 Å². The van der Waals surface area contributed by atoms with E-state index in [1.165, 1.54) is 25.3 Å². The number of nitrogens with zero attached hydrogens (tertiary/aromatic N) is 4. The molecule has 1 saturated carbocycles. The minimum Gasteiger partial charge on any atom is -0.383 e. The molecule has 8 heteroatoms. The maximum absolute atomic E-state index is 15.2. The minimum absolute atomic E-state index is 0.0274. The van der Waals surface area contributed by atoms with Gasteiger partial charge in [0.2, 0.25) is 5.95 Å². The number of nitrogens with one attached hydrogen (secondary N) is 1. The van der Waals surface area contributed by atoms with Gasteiger partial charge >= 0.3 is 0 Å². The lowest BCUT2D eigenvalue weighted by Crippen LogP contribution is -2.37. The van der Waals surface area contributed by atoms with Gasteiger partial charge in [-0.25, -0.2) is 19.3 Å². The van der Waals surface area contributed by atoms with Crippen LogP contribution in [0.25, 0.3) is 22.3 Å². The molecule has 1 aliphatic carbocycles. The largest absolute Gasteiger partial charge is 0.383 e. The lowest BCUT2D eigenvalue weighted by molar-refractivity contribution is 0.0641. The average molecular weight is 460 g/mol. The van der Waals surface area contributed by atoms with Crippen molar-refractivity contribution in [3.63, 3.8) is 0 Å². The van der Waals surface area contributed by atoms with E-state index in [0.29, 0.717) is 33.6 Å². The van der Waals surface area contributed by atoms with Gasteiger partial charge < -0.3 is 15.0 Å². The van der Waals surface area contributed by atoms with Crippen molar-refractivity contribution in [1.29, 1.82) is 0 Å². The number of fused-ring (bicyclic) bond motifs is 1. The Balaban J connectivity index is 1.82. The van der Waals surface area contributed by atoms with Crippen molar-refractivity contribution in [1.82, 2.24) is 19.5 Å². The molecule has 2 N–H and O–H groups in total. The summed E-state index contributed by atoms with van der Waals surface area (Å²) in [4.78, 5) is 13.5. The third kappa shape index (κ3) is 4.33. The lowest BCUT2D eigenvalue weighted by Gasteiger charge is -2.34. The number of anilines is 1. The fourth-order valence-electron chi connectivity index (χ4n) is 4.60. The maximum Gasteiger partial charge on any atom is 0.223 e. The molecule has 6 nitrogen and oxygen atoms in total. The third-order valence-electron chi connectivity index (χ3n) is 6.20. The Hall–Kier alpha value is -2.25. The molecule has 0 spiro atoms. The predicted molar refractivity (Wildman–Crippen MR) is 126 cm³/mol. The summed E-state index contributed by atoms with van der Waals surface area (Å²) >= 11 is 6.45. The monoisotopic (exact) mass is 459 g/mol. The Bertz CT molecular complexity index is 1150. The molecule has 172 valence electrons. The first-order valence-corrected chi connectivity index (χ1v) is 11.6. The zero-order valence-electron chi connectivity index (χ0n) is 19.3. The molecule has 32 heavy (non-hydrogen) atoms. The summed E-state index contributed by atoms with van der Waals surface area (Å²) in [6, 6.07) is 3.20. The maximum atomic E-state index is 15.2. The van der Waals surface area contributed by atoms with Crippen LogP contribution in [0.4, 0.5) is 10.3 Å². The molecule has 0 atom stereocenters. The minimum atomic E-state index is -1.21. The van der Waals surface area contributed by atoms with Crippen molar-refractivity contribution in [2.24, 2.45) is 0 Å². The van der Waals surface area contributed by atoms with Crippen LogP contribution in [0.3, 0.4) is 0 Å². The van der Waals surface area contributed by atoms with Gasteiger partial charge in [0.25, 0.3) is 0 Å². The van der Waals surface area contributed by atoms with Crippen molar-refractivity contribution in [3.05, 3.63) is 35.0 Å². The number of rotatable bonds is 5. The molecule has 2 aromatic heterocycles. The fraction of sp³-hybridized carbons (Fsp3) is 0.542. The number of hydrogen-bond acceptors (Lipinski definition) is 5. The topological polar surface area (TPSA) is 75.9 Å². The second-order valence-electron chi connectivity index (χ2n) is 9.92. The van der Waals surface area contributed by atoms with Gasteiger partial charge in [-0.15, -0.1) is 0 Å². The first kappa shape index (κ1) is 22.9. The first-order chi connectivity index (χ1) is 15.0. The van der Waals surface area contributed by atoms with E-state index in [4.69, 9.17) is 11.6 Å². The zero-order chi connectivity index (χ0) is 23.3. The van der Waals surface area contributed by atoms with Crippen molar-refractivity contribution in [3.8, 4) is 11.3 Å². The van der Waals surface area contributed by atoms with Crippen molar-refractivity contribution >= 4 is 28.6 Å². The number of aromatic nitrogens is 4. The molecule has 0 radical (unpaired) electrons. The highest BCUT2D eigenvalue weighted by Crippen LogP contribution is 2.35. The van der Waals surface area contributed by atoms with Crippen molar-refractivity contribution in [2.45, 2.75) is 83.9 Å². The highest BCUT2D eigenvalue weighted by molar-refractivity contribution is 6.33. The Labute approximate surface area is 193 Å². The summed E-state index contributed by atoms with van der Waals surface area (Å²) in [5.74, 6) is 0.426. The number of imidazole rings is 1. The summed E-state index contributed by atoms with van der Waals surface area (Å²) in [6.07, 6.45) is 7.27. The summed E-state index contributed by atoms with van der Waals surface area (Å²) in [5, 5.41) is 14.4. The van der Waals surface area contributed by atoms with E-state index in [0.717, 1.165) is 12.8 Å². The van der Waals surface area contributed by atoms with Crippen LogP contribution < -0.4 is 5.32 Å². The second kappa shape index (κ2) is 8.27. The fourth-order valence-corrected chi connectivity index (χ4v) is 4.80. The van der Waals surface area contributed by atoms with Gasteiger partial charge in [-0.2, -0.15) is 0 Å². The highest BCUT2D eigenvalue weighted by atomic mass is 35.5. The average Bonchev–Trinajstić information content (AvgIpc) is 3.11. The second-order valence-corrected chi connectivity index (χ2v) is 10.3. The first-order valence-electron chi connectivity index (χ1n) is 11.2. The van der Waals surface area contributed by atoms with Crippen LogP contribution >= 0.6 is 11.6 Å². The van der Waals surface area contributed by atoms with Gasteiger partial charge in [-0.05, 0) is 59.6 Å². The van der Waals surface area contributed by atoms with Crippen LogP contribution in [0.5, 0.6) is 0 Å². The van der Waals surface area contributed by atoms with Gasteiger partial charge in [0.15, 0.2) is 5.82 Å². The van der Waals surface area contributed by atoms with E-state index < -0.39 is 11.4 Å². The van der Waals surface area contributed by atoms with E-state index in [-0.39, 0.29) is 17.1 Å². The van der Waals surface area contributed by atoms with E-state index >= 15 is 4.39 Å². The molecule has 1 aromatic carbocycles. The normalized spacial score (nSPS) is 16.7. The molecule has 2 heterocycles. The number of aliphatic hydroxyl groups is 1. The molecule has 0 unspecified atom stereocenters. The predicted octanol–water partition coefficient (Wildman–Crippen LogP) is 6.23. The zero-order valence-corrected chi connectivity index (χ0v) is 20.1. The van der Waals surface area contributed by atoms with Crippen LogP contribution in [-0.4, -0.2) is 30.2 Å². The van der Waals surface area contributed by atoms with Gasteiger partial charge in [0, 0.05) is 17.1 Å². The SMILES string of the molecule is CC(C)n1c(C(C)(C)O)nc2c(F)cc(-c3nc(NC4(C)CCCCC4)ncc3Cl)cc21. The van der Waals surface area contributed by atoms with Crippen LogP contribution in [0.1, 0.15) is 78.6 Å². The Morgan fingerprint density at radius 3 is 2.50 bits per heavy atom. The van der Waals surface area contributed by atoms with Crippen LogP contribution in [0.15, 0.2) is 18.3 Å². The Morgan fingerprint density at radius 2 is 1.88 bits per heavy atom. The molecule has 0 amide bonds. The van der Waals surface area contributed by atoms with E-state index in [9.17, 15) is 5.11 Å². The molecular formula is C24H31ClFN5O. The van der Waals surface area contributed by atoms with Crippen LogP contribution in [0, 0.1) is 5.82 Å². The molecule has 0 saturated heterocycles. The van der Waals surface area contributed by atoms with Gasteiger partial charge in [-0.3, -0.25) is 0 Å². The van der Waals surface area contributed by atoms with Crippen molar-refractivity contribution < 1.29 is 9.50 Å².